The van der Waals surface area contributed by atoms with E-state index >= 15 is 0 Å². The third-order valence-corrected chi connectivity index (χ3v) is 9.72. The minimum absolute atomic E-state index is 0.252. The lowest BCUT2D eigenvalue weighted by atomic mass is 9.44. The summed E-state index contributed by atoms with van der Waals surface area (Å²) in [5, 5.41) is 10.9. The molecule has 4 fully saturated rings. The molecule has 0 aromatic carbocycles. The first-order chi connectivity index (χ1) is 12.2. The number of methoxy groups -OCH3 is 1. The Morgan fingerprint density at radius 2 is 1.73 bits per heavy atom. The van der Waals surface area contributed by atoms with Crippen molar-refractivity contribution >= 4 is 5.78 Å². The summed E-state index contributed by atoms with van der Waals surface area (Å²) in [4.78, 5) is 12.3. The van der Waals surface area contributed by atoms with Crippen LogP contribution in [-0.4, -0.2) is 30.2 Å². The van der Waals surface area contributed by atoms with E-state index in [-0.39, 0.29) is 5.41 Å². The van der Waals surface area contributed by atoms with Crippen molar-refractivity contribution in [3.63, 3.8) is 0 Å². The number of ether oxygens (including phenoxy) is 1. The van der Waals surface area contributed by atoms with Crippen molar-refractivity contribution < 1.29 is 14.6 Å². The lowest BCUT2D eigenvalue weighted by molar-refractivity contribution is -0.163. The average Bonchev–Trinajstić information content (AvgIpc) is 2.93. The molecule has 8 atom stereocenters. The zero-order chi connectivity index (χ0) is 18.7. The molecule has 0 heterocycles. The maximum absolute atomic E-state index is 12.3. The van der Waals surface area contributed by atoms with Crippen LogP contribution in [0.4, 0.5) is 0 Å². The van der Waals surface area contributed by atoms with E-state index in [0.29, 0.717) is 29.6 Å². The number of carbonyl (C=O) groups is 1. The lowest BCUT2D eigenvalue weighted by Gasteiger charge is -2.62. The molecule has 0 aromatic rings. The van der Waals surface area contributed by atoms with Gasteiger partial charge in [0, 0.05) is 13.0 Å². The standard InChI is InChI=1S/C23H38O3/c1-15(24)18-7-8-19-17-6-5-16-13-23(25,14-26-4)12-11-21(16,2)20(17)9-10-22(18,19)3/h16-20,25H,5-14H2,1-4H3/t16-,17+,18-,19+,20-,21+,22-,23-/m1/s1. The first-order valence-electron chi connectivity index (χ1n) is 11.0. The Morgan fingerprint density at radius 1 is 1.00 bits per heavy atom. The van der Waals surface area contributed by atoms with E-state index in [0.717, 1.165) is 43.4 Å². The summed E-state index contributed by atoms with van der Waals surface area (Å²) in [5.41, 5.74) is 0.0161. The molecule has 3 heteroatoms. The number of aliphatic hydroxyl groups is 1. The summed E-state index contributed by atoms with van der Waals surface area (Å²) in [7, 11) is 1.70. The second-order valence-electron chi connectivity index (χ2n) is 10.8. The van der Waals surface area contributed by atoms with Crippen LogP contribution in [0.3, 0.4) is 0 Å². The van der Waals surface area contributed by atoms with Crippen LogP contribution < -0.4 is 0 Å². The fourth-order valence-electron chi connectivity index (χ4n) is 8.39. The number of fused-ring (bicyclic) bond motifs is 5. The summed E-state index contributed by atoms with van der Waals surface area (Å²) >= 11 is 0. The second kappa shape index (κ2) is 6.30. The normalized spacial score (nSPS) is 53.5. The molecule has 148 valence electrons. The highest BCUT2D eigenvalue weighted by Gasteiger charge is 2.61. The molecule has 4 aliphatic rings. The van der Waals surface area contributed by atoms with E-state index in [1.807, 2.05) is 6.92 Å². The van der Waals surface area contributed by atoms with Crippen LogP contribution >= 0.6 is 0 Å². The van der Waals surface area contributed by atoms with E-state index in [2.05, 4.69) is 13.8 Å². The number of hydrogen-bond acceptors (Lipinski definition) is 3. The number of Topliss-reactive ketones (excluding diaryl/α,β-unsaturated/α-hetero) is 1. The van der Waals surface area contributed by atoms with Crippen LogP contribution in [-0.2, 0) is 9.53 Å². The van der Waals surface area contributed by atoms with Crippen LogP contribution in [0, 0.1) is 40.4 Å². The van der Waals surface area contributed by atoms with Crippen LogP contribution in [0.15, 0.2) is 0 Å². The quantitative estimate of drug-likeness (QED) is 0.797. The van der Waals surface area contributed by atoms with Crippen LogP contribution in [0.25, 0.3) is 0 Å². The Bertz CT molecular complexity index is 574. The van der Waals surface area contributed by atoms with Crippen LogP contribution in [0.5, 0.6) is 0 Å². The van der Waals surface area contributed by atoms with Gasteiger partial charge in [-0.1, -0.05) is 13.8 Å². The molecule has 0 bridgehead atoms. The van der Waals surface area contributed by atoms with Crippen molar-refractivity contribution in [1.82, 2.24) is 0 Å². The molecule has 0 radical (unpaired) electrons. The van der Waals surface area contributed by atoms with Crippen molar-refractivity contribution in [2.45, 2.75) is 84.2 Å². The second-order valence-corrected chi connectivity index (χ2v) is 10.8. The van der Waals surface area contributed by atoms with Crippen molar-refractivity contribution in [3.05, 3.63) is 0 Å². The molecule has 0 amide bonds. The predicted octanol–water partition coefficient (Wildman–Crippen LogP) is 4.61. The average molecular weight is 363 g/mol. The molecule has 0 spiro atoms. The SMILES string of the molecule is COC[C@@]1(O)CC[C@@]2(C)[C@H](CC[C@@H]3[C@H]2CC[C@]2(C)[C@@H](C(C)=O)CC[C@@H]32)C1. The van der Waals surface area contributed by atoms with Gasteiger partial charge in [-0.05, 0) is 99.2 Å². The third-order valence-electron chi connectivity index (χ3n) is 9.72. The first-order valence-corrected chi connectivity index (χ1v) is 11.0. The van der Waals surface area contributed by atoms with E-state index < -0.39 is 5.60 Å². The van der Waals surface area contributed by atoms with Gasteiger partial charge in [0.05, 0.1) is 12.2 Å². The zero-order valence-electron chi connectivity index (χ0n) is 17.2. The molecule has 0 unspecified atom stereocenters. The molecule has 4 saturated carbocycles. The van der Waals surface area contributed by atoms with Gasteiger partial charge in [0.1, 0.15) is 5.78 Å². The zero-order valence-corrected chi connectivity index (χ0v) is 17.2. The largest absolute Gasteiger partial charge is 0.387 e. The van der Waals surface area contributed by atoms with Crippen molar-refractivity contribution in [2.24, 2.45) is 40.4 Å². The molecular weight excluding hydrogens is 324 g/mol. The third kappa shape index (κ3) is 2.64. The van der Waals surface area contributed by atoms with Gasteiger partial charge in [0.25, 0.3) is 0 Å². The summed E-state index contributed by atoms with van der Waals surface area (Å²) in [5.74, 6) is 3.69. The number of ketones is 1. The minimum atomic E-state index is -0.609. The monoisotopic (exact) mass is 362 g/mol. The van der Waals surface area contributed by atoms with Crippen LogP contribution in [0.2, 0.25) is 0 Å². The highest BCUT2D eigenvalue weighted by Crippen LogP contribution is 2.68. The molecule has 1 N–H and O–H groups in total. The van der Waals surface area contributed by atoms with E-state index in [1.54, 1.807) is 7.11 Å². The van der Waals surface area contributed by atoms with Crippen molar-refractivity contribution in [1.29, 1.82) is 0 Å². The summed E-state index contributed by atoms with van der Waals surface area (Å²) in [6.07, 6.45) is 10.4. The number of hydrogen-bond donors (Lipinski definition) is 1. The molecule has 0 aliphatic heterocycles. The molecule has 4 aliphatic carbocycles. The van der Waals surface area contributed by atoms with Gasteiger partial charge >= 0.3 is 0 Å². The summed E-state index contributed by atoms with van der Waals surface area (Å²) < 4.78 is 5.33. The predicted molar refractivity (Wildman–Crippen MR) is 103 cm³/mol. The Labute approximate surface area is 159 Å². The molecule has 4 rings (SSSR count). The van der Waals surface area contributed by atoms with Crippen molar-refractivity contribution in [3.8, 4) is 0 Å². The smallest absolute Gasteiger partial charge is 0.133 e. The first kappa shape index (κ1) is 18.9. The topological polar surface area (TPSA) is 46.5 Å². The Kier molecular flexibility index (Phi) is 4.59. The van der Waals surface area contributed by atoms with Crippen LogP contribution in [0.1, 0.15) is 78.6 Å². The van der Waals surface area contributed by atoms with Gasteiger partial charge in [-0.3, -0.25) is 4.79 Å². The van der Waals surface area contributed by atoms with Gasteiger partial charge in [-0.25, -0.2) is 0 Å². The van der Waals surface area contributed by atoms with Gasteiger partial charge in [0.15, 0.2) is 0 Å². The van der Waals surface area contributed by atoms with E-state index in [9.17, 15) is 9.90 Å². The minimum Gasteiger partial charge on any atom is -0.387 e. The Balaban J connectivity index is 1.56. The Hall–Kier alpha value is -0.410. The van der Waals surface area contributed by atoms with Crippen molar-refractivity contribution in [2.75, 3.05) is 13.7 Å². The molecule has 0 saturated heterocycles. The molecule has 26 heavy (non-hydrogen) atoms. The van der Waals surface area contributed by atoms with E-state index in [1.165, 1.54) is 32.1 Å². The van der Waals surface area contributed by atoms with Gasteiger partial charge in [0.2, 0.25) is 0 Å². The summed E-state index contributed by atoms with van der Waals surface area (Å²) in [6, 6.07) is 0. The lowest BCUT2D eigenvalue weighted by Crippen LogP contribution is -2.56. The van der Waals surface area contributed by atoms with Gasteiger partial charge in [-0.15, -0.1) is 0 Å². The summed E-state index contributed by atoms with van der Waals surface area (Å²) in [6.45, 7) is 7.26. The highest BCUT2D eigenvalue weighted by atomic mass is 16.5. The van der Waals surface area contributed by atoms with Gasteiger partial charge < -0.3 is 9.84 Å². The fraction of sp³-hybridized carbons (Fsp3) is 0.957. The number of carbonyl (C=O) groups excluding carboxylic acids is 1. The highest BCUT2D eigenvalue weighted by molar-refractivity contribution is 5.79. The number of rotatable bonds is 3. The van der Waals surface area contributed by atoms with Gasteiger partial charge in [-0.2, -0.15) is 0 Å². The maximum Gasteiger partial charge on any atom is 0.133 e. The Morgan fingerprint density at radius 3 is 2.42 bits per heavy atom. The maximum atomic E-state index is 12.3. The fourth-order valence-corrected chi connectivity index (χ4v) is 8.39. The molecule has 0 aromatic heterocycles. The van der Waals surface area contributed by atoms with E-state index in [4.69, 9.17) is 4.74 Å². The molecule has 3 nitrogen and oxygen atoms in total. The molecular formula is C23H38O3.